The Hall–Kier alpha value is -0.860. The molecule has 0 aromatic heterocycles. The second-order valence-electron chi connectivity index (χ2n) is 8.82. The van der Waals surface area contributed by atoms with Crippen LogP contribution in [0.1, 0.15) is 128 Å². The van der Waals surface area contributed by atoms with Crippen molar-refractivity contribution in [2.24, 2.45) is 0 Å². The summed E-state index contributed by atoms with van der Waals surface area (Å²) in [4.78, 5) is 0. The highest BCUT2D eigenvalue weighted by Gasteiger charge is 2.03. The van der Waals surface area contributed by atoms with E-state index in [4.69, 9.17) is 9.47 Å². The van der Waals surface area contributed by atoms with E-state index in [0.717, 1.165) is 13.2 Å². The maximum Gasteiger partial charge on any atom is 0.0720 e. The molecule has 0 aliphatic rings. The molecule has 2 nitrogen and oxygen atoms in total. The maximum atomic E-state index is 5.95. The predicted octanol–water partition coefficient (Wildman–Crippen LogP) is 9.00. The highest BCUT2D eigenvalue weighted by atomic mass is 16.5. The summed E-state index contributed by atoms with van der Waals surface area (Å²) < 4.78 is 11.9. The van der Waals surface area contributed by atoms with Gasteiger partial charge in [0.1, 0.15) is 0 Å². The monoisotopic (exact) mass is 418 g/mol. The molecule has 174 valence electrons. The van der Waals surface area contributed by atoms with Crippen LogP contribution < -0.4 is 0 Å². The van der Waals surface area contributed by atoms with Gasteiger partial charge in [0, 0.05) is 13.2 Å². The molecule has 0 atom stereocenters. The van der Waals surface area contributed by atoms with Gasteiger partial charge in [-0.15, -0.1) is 0 Å². The van der Waals surface area contributed by atoms with Crippen LogP contribution in [0.2, 0.25) is 0 Å². The minimum absolute atomic E-state index is 0.716. The van der Waals surface area contributed by atoms with E-state index in [-0.39, 0.29) is 0 Å². The highest BCUT2D eigenvalue weighted by molar-refractivity contribution is 5.25. The predicted molar refractivity (Wildman–Crippen MR) is 131 cm³/mol. The first kappa shape index (κ1) is 27.2. The van der Waals surface area contributed by atoms with Crippen LogP contribution in [0.3, 0.4) is 0 Å². The molecule has 0 amide bonds. The summed E-state index contributed by atoms with van der Waals surface area (Å²) >= 11 is 0. The summed E-state index contributed by atoms with van der Waals surface area (Å²) in [5, 5.41) is 0. The highest BCUT2D eigenvalue weighted by Crippen LogP contribution is 2.14. The van der Waals surface area contributed by atoms with E-state index in [1.54, 1.807) is 0 Å². The summed E-state index contributed by atoms with van der Waals surface area (Å²) in [6, 6.07) is 8.58. The molecule has 2 heteroatoms. The van der Waals surface area contributed by atoms with Crippen LogP contribution >= 0.6 is 0 Å². The molecule has 0 aliphatic heterocycles. The van der Waals surface area contributed by atoms with Gasteiger partial charge in [-0.2, -0.15) is 0 Å². The molecule has 0 fully saturated rings. The van der Waals surface area contributed by atoms with Gasteiger partial charge in [-0.05, 0) is 24.0 Å². The SMILES string of the molecule is CCCCCCCCCCOCc1ccccc1COCCCCCCCCCC. The summed E-state index contributed by atoms with van der Waals surface area (Å²) in [5.74, 6) is 0. The second kappa shape index (κ2) is 21.4. The first-order valence-corrected chi connectivity index (χ1v) is 13.1. The Labute approximate surface area is 188 Å². The van der Waals surface area contributed by atoms with E-state index in [0.29, 0.717) is 13.2 Å². The Balaban J connectivity index is 2.02. The molecule has 0 heterocycles. The molecule has 0 radical (unpaired) electrons. The average Bonchev–Trinajstić information content (AvgIpc) is 2.77. The molecule has 0 aliphatic carbocycles. The van der Waals surface area contributed by atoms with E-state index < -0.39 is 0 Å². The van der Waals surface area contributed by atoms with Crippen molar-refractivity contribution in [2.45, 2.75) is 130 Å². The number of rotatable bonds is 22. The third-order valence-electron chi connectivity index (χ3n) is 5.92. The molecule has 0 spiro atoms. The third kappa shape index (κ3) is 15.9. The summed E-state index contributed by atoms with van der Waals surface area (Å²) in [6.45, 7) is 7.74. The van der Waals surface area contributed by atoms with Crippen molar-refractivity contribution < 1.29 is 9.47 Å². The zero-order chi connectivity index (χ0) is 21.5. The van der Waals surface area contributed by atoms with Crippen LogP contribution in [0.25, 0.3) is 0 Å². The molecular formula is C28H50O2. The molecular weight excluding hydrogens is 368 g/mol. The van der Waals surface area contributed by atoms with Gasteiger partial charge in [-0.3, -0.25) is 0 Å². The van der Waals surface area contributed by atoms with Gasteiger partial charge >= 0.3 is 0 Å². The van der Waals surface area contributed by atoms with Gasteiger partial charge in [0.05, 0.1) is 13.2 Å². The van der Waals surface area contributed by atoms with E-state index in [1.807, 2.05) is 0 Å². The van der Waals surface area contributed by atoms with Crippen LogP contribution in [0.5, 0.6) is 0 Å². The van der Waals surface area contributed by atoms with Crippen LogP contribution in [0.4, 0.5) is 0 Å². The Morgan fingerprint density at radius 1 is 0.467 bits per heavy atom. The molecule has 1 aromatic rings. The molecule has 1 aromatic carbocycles. The third-order valence-corrected chi connectivity index (χ3v) is 5.92. The minimum atomic E-state index is 0.716. The molecule has 30 heavy (non-hydrogen) atoms. The fourth-order valence-electron chi connectivity index (χ4n) is 3.88. The first-order chi connectivity index (χ1) is 14.9. The average molecular weight is 419 g/mol. The number of ether oxygens (including phenoxy) is 2. The maximum absolute atomic E-state index is 5.95. The van der Waals surface area contributed by atoms with Crippen LogP contribution in [0.15, 0.2) is 24.3 Å². The van der Waals surface area contributed by atoms with Crippen LogP contribution in [-0.2, 0) is 22.7 Å². The quantitative estimate of drug-likeness (QED) is 0.175. The summed E-state index contributed by atoms with van der Waals surface area (Å²) in [5.41, 5.74) is 2.57. The van der Waals surface area contributed by atoms with Crippen molar-refractivity contribution in [1.82, 2.24) is 0 Å². The Bertz CT molecular complexity index is 428. The molecule has 0 unspecified atom stereocenters. The van der Waals surface area contributed by atoms with Gasteiger partial charge in [-0.25, -0.2) is 0 Å². The lowest BCUT2D eigenvalue weighted by molar-refractivity contribution is 0.103. The second-order valence-corrected chi connectivity index (χ2v) is 8.82. The normalized spacial score (nSPS) is 11.3. The van der Waals surface area contributed by atoms with Crippen molar-refractivity contribution in [3.8, 4) is 0 Å². The largest absolute Gasteiger partial charge is 0.377 e. The van der Waals surface area contributed by atoms with E-state index in [1.165, 1.54) is 114 Å². The van der Waals surface area contributed by atoms with Crippen molar-refractivity contribution in [1.29, 1.82) is 0 Å². The fourth-order valence-corrected chi connectivity index (χ4v) is 3.88. The zero-order valence-corrected chi connectivity index (χ0v) is 20.3. The van der Waals surface area contributed by atoms with E-state index in [2.05, 4.69) is 38.1 Å². The molecule has 0 bridgehead atoms. The lowest BCUT2D eigenvalue weighted by Gasteiger charge is -2.11. The van der Waals surface area contributed by atoms with Gasteiger partial charge in [0.15, 0.2) is 0 Å². The van der Waals surface area contributed by atoms with Crippen molar-refractivity contribution in [2.75, 3.05) is 13.2 Å². The summed E-state index contributed by atoms with van der Waals surface area (Å²) in [7, 11) is 0. The van der Waals surface area contributed by atoms with Crippen molar-refractivity contribution >= 4 is 0 Å². The van der Waals surface area contributed by atoms with Gasteiger partial charge in [0.25, 0.3) is 0 Å². The molecule has 0 N–H and O–H groups in total. The van der Waals surface area contributed by atoms with Gasteiger partial charge in [0.2, 0.25) is 0 Å². The standard InChI is InChI=1S/C28H50O2/c1-3-5-7-9-11-13-15-19-23-29-25-27-21-17-18-22-28(27)26-30-24-20-16-14-12-10-8-6-4-2/h17-18,21-22H,3-16,19-20,23-26H2,1-2H3. The number of hydrogen-bond donors (Lipinski definition) is 0. The lowest BCUT2D eigenvalue weighted by Crippen LogP contribution is -2.02. The molecule has 0 saturated heterocycles. The smallest absolute Gasteiger partial charge is 0.0720 e. The van der Waals surface area contributed by atoms with E-state index in [9.17, 15) is 0 Å². The minimum Gasteiger partial charge on any atom is -0.377 e. The summed E-state index contributed by atoms with van der Waals surface area (Å²) in [6.07, 6.45) is 21.5. The zero-order valence-electron chi connectivity index (χ0n) is 20.3. The number of hydrogen-bond acceptors (Lipinski definition) is 2. The number of benzene rings is 1. The number of unbranched alkanes of at least 4 members (excludes halogenated alkanes) is 14. The van der Waals surface area contributed by atoms with Gasteiger partial charge < -0.3 is 9.47 Å². The van der Waals surface area contributed by atoms with Crippen LogP contribution in [-0.4, -0.2) is 13.2 Å². The molecule has 0 saturated carbocycles. The topological polar surface area (TPSA) is 18.5 Å². The fraction of sp³-hybridized carbons (Fsp3) is 0.786. The Kier molecular flexibility index (Phi) is 19.4. The Morgan fingerprint density at radius 3 is 1.17 bits per heavy atom. The van der Waals surface area contributed by atoms with Crippen molar-refractivity contribution in [3.05, 3.63) is 35.4 Å². The van der Waals surface area contributed by atoms with Gasteiger partial charge in [-0.1, -0.05) is 128 Å². The van der Waals surface area contributed by atoms with Crippen LogP contribution in [0, 0.1) is 0 Å². The van der Waals surface area contributed by atoms with Crippen molar-refractivity contribution in [3.63, 3.8) is 0 Å². The lowest BCUT2D eigenvalue weighted by atomic mass is 10.1. The van der Waals surface area contributed by atoms with E-state index >= 15 is 0 Å². The first-order valence-electron chi connectivity index (χ1n) is 13.1. The Morgan fingerprint density at radius 2 is 0.800 bits per heavy atom. The molecule has 1 rings (SSSR count).